The van der Waals surface area contributed by atoms with Crippen LogP contribution in [0.5, 0.6) is 0 Å². The van der Waals surface area contributed by atoms with E-state index in [0.717, 1.165) is 17.6 Å². The van der Waals surface area contributed by atoms with E-state index >= 15 is 0 Å². The maximum atomic E-state index is 6.25. The van der Waals surface area contributed by atoms with E-state index in [2.05, 4.69) is 65.9 Å². The van der Waals surface area contributed by atoms with Gasteiger partial charge >= 0.3 is 0 Å². The maximum absolute atomic E-state index is 6.25. The first kappa shape index (κ1) is 15.0. The summed E-state index contributed by atoms with van der Waals surface area (Å²) >= 11 is 3.50. The highest BCUT2D eigenvalue weighted by Crippen LogP contribution is 2.35. The van der Waals surface area contributed by atoms with Crippen LogP contribution >= 0.6 is 15.9 Å². The van der Waals surface area contributed by atoms with Gasteiger partial charge in [-0.2, -0.15) is 0 Å². The normalized spacial score (nSPS) is 23.0. The van der Waals surface area contributed by atoms with Crippen molar-refractivity contribution in [1.29, 1.82) is 0 Å². The third-order valence-corrected chi connectivity index (χ3v) is 4.78. The second-order valence-corrected chi connectivity index (χ2v) is 7.47. The zero-order valence-corrected chi connectivity index (χ0v) is 13.8. The van der Waals surface area contributed by atoms with Gasteiger partial charge in [-0.25, -0.2) is 0 Å². The Labute approximate surface area is 125 Å². The van der Waals surface area contributed by atoms with Crippen LogP contribution in [-0.4, -0.2) is 24.0 Å². The van der Waals surface area contributed by atoms with E-state index in [1.807, 2.05) is 0 Å². The second kappa shape index (κ2) is 5.94. The fourth-order valence-electron chi connectivity index (χ4n) is 2.91. The van der Waals surface area contributed by atoms with Crippen LogP contribution in [0.1, 0.15) is 45.2 Å². The lowest BCUT2D eigenvalue weighted by Crippen LogP contribution is -2.45. The fourth-order valence-corrected chi connectivity index (χ4v) is 3.18. The van der Waals surface area contributed by atoms with E-state index in [4.69, 9.17) is 5.73 Å². The van der Waals surface area contributed by atoms with Gasteiger partial charge in [0.25, 0.3) is 0 Å². The van der Waals surface area contributed by atoms with Crippen LogP contribution in [0.15, 0.2) is 28.7 Å². The van der Waals surface area contributed by atoms with Gasteiger partial charge in [0.2, 0.25) is 0 Å². The average Bonchev–Trinajstić information content (AvgIpc) is 2.33. The lowest BCUT2D eigenvalue weighted by atomic mass is 9.81. The standard InChI is InChI=1S/C16H25BrN2/c1-12(18)15(13-4-6-14(17)7-5-13)19-10-8-16(2,3)9-11-19/h4-7,12,15H,8-11,18H2,1-3H3. The van der Waals surface area contributed by atoms with E-state index < -0.39 is 0 Å². The van der Waals surface area contributed by atoms with Crippen molar-refractivity contribution in [3.05, 3.63) is 34.3 Å². The molecular weight excluding hydrogens is 300 g/mol. The SMILES string of the molecule is CC(N)C(c1ccc(Br)cc1)N1CCC(C)(C)CC1. The molecule has 0 amide bonds. The molecule has 2 atom stereocenters. The van der Waals surface area contributed by atoms with E-state index in [9.17, 15) is 0 Å². The van der Waals surface area contributed by atoms with Gasteiger partial charge in [-0.1, -0.05) is 41.9 Å². The van der Waals surface area contributed by atoms with Crippen LogP contribution in [0.4, 0.5) is 0 Å². The van der Waals surface area contributed by atoms with Crippen molar-refractivity contribution in [3.63, 3.8) is 0 Å². The first-order valence-electron chi connectivity index (χ1n) is 7.14. The molecule has 0 bridgehead atoms. The Morgan fingerprint density at radius 2 is 1.68 bits per heavy atom. The summed E-state index contributed by atoms with van der Waals surface area (Å²) in [5, 5.41) is 0. The molecular formula is C16H25BrN2. The van der Waals surface area contributed by atoms with Gasteiger partial charge in [-0.05, 0) is 56.0 Å². The molecule has 0 saturated carbocycles. The molecule has 1 aromatic carbocycles. The van der Waals surface area contributed by atoms with Crippen molar-refractivity contribution >= 4 is 15.9 Å². The largest absolute Gasteiger partial charge is 0.326 e. The first-order valence-corrected chi connectivity index (χ1v) is 7.93. The van der Waals surface area contributed by atoms with Crippen molar-refractivity contribution in [2.45, 2.75) is 45.7 Å². The van der Waals surface area contributed by atoms with Crippen LogP contribution in [0, 0.1) is 5.41 Å². The van der Waals surface area contributed by atoms with Crippen molar-refractivity contribution in [2.24, 2.45) is 11.1 Å². The minimum absolute atomic E-state index is 0.155. The Hall–Kier alpha value is -0.380. The number of piperidine rings is 1. The van der Waals surface area contributed by atoms with Gasteiger partial charge in [0.15, 0.2) is 0 Å². The zero-order chi connectivity index (χ0) is 14.0. The van der Waals surface area contributed by atoms with Gasteiger partial charge in [0.05, 0.1) is 0 Å². The monoisotopic (exact) mass is 324 g/mol. The molecule has 0 aliphatic carbocycles. The Morgan fingerprint density at radius 1 is 1.16 bits per heavy atom. The van der Waals surface area contributed by atoms with Crippen LogP contribution in [0.3, 0.4) is 0 Å². The summed E-state index contributed by atoms with van der Waals surface area (Å²) in [4.78, 5) is 2.55. The molecule has 1 fully saturated rings. The Balaban J connectivity index is 2.15. The van der Waals surface area contributed by atoms with Gasteiger partial charge in [-0.15, -0.1) is 0 Å². The Bertz CT molecular complexity index is 401. The lowest BCUT2D eigenvalue weighted by Gasteiger charge is -2.42. The number of halogens is 1. The summed E-state index contributed by atoms with van der Waals surface area (Å²) in [5.74, 6) is 0. The second-order valence-electron chi connectivity index (χ2n) is 6.56. The predicted molar refractivity (Wildman–Crippen MR) is 85.1 cm³/mol. The van der Waals surface area contributed by atoms with Crippen molar-refractivity contribution in [3.8, 4) is 0 Å². The summed E-state index contributed by atoms with van der Waals surface area (Å²) in [7, 11) is 0. The molecule has 1 heterocycles. The highest BCUT2D eigenvalue weighted by Gasteiger charge is 2.31. The molecule has 3 heteroatoms. The van der Waals surface area contributed by atoms with Crippen molar-refractivity contribution < 1.29 is 0 Å². The molecule has 0 radical (unpaired) electrons. The van der Waals surface area contributed by atoms with Gasteiger partial charge < -0.3 is 5.73 Å². The average molecular weight is 325 g/mol. The van der Waals surface area contributed by atoms with E-state index in [1.54, 1.807) is 0 Å². The summed E-state index contributed by atoms with van der Waals surface area (Å²) < 4.78 is 1.12. The molecule has 106 valence electrons. The number of benzene rings is 1. The smallest absolute Gasteiger partial charge is 0.0496 e. The topological polar surface area (TPSA) is 29.3 Å². The van der Waals surface area contributed by atoms with Gasteiger partial charge in [0.1, 0.15) is 0 Å². The number of rotatable bonds is 3. The molecule has 1 saturated heterocycles. The first-order chi connectivity index (χ1) is 8.89. The van der Waals surface area contributed by atoms with Crippen LogP contribution < -0.4 is 5.73 Å². The van der Waals surface area contributed by atoms with Crippen LogP contribution in [0.25, 0.3) is 0 Å². The molecule has 2 unspecified atom stereocenters. The summed E-state index contributed by atoms with van der Waals surface area (Å²) in [6.45, 7) is 9.15. The minimum atomic E-state index is 0.155. The number of hydrogen-bond acceptors (Lipinski definition) is 2. The van der Waals surface area contributed by atoms with Gasteiger partial charge in [-0.3, -0.25) is 4.90 Å². The molecule has 2 N–H and O–H groups in total. The highest BCUT2D eigenvalue weighted by atomic mass is 79.9. The number of nitrogens with zero attached hydrogens (tertiary/aromatic N) is 1. The molecule has 1 aliphatic heterocycles. The van der Waals surface area contributed by atoms with E-state index in [0.29, 0.717) is 11.5 Å². The third kappa shape index (κ3) is 3.80. The molecule has 2 nitrogen and oxygen atoms in total. The number of nitrogens with two attached hydrogens (primary N) is 1. The maximum Gasteiger partial charge on any atom is 0.0496 e. The fraction of sp³-hybridized carbons (Fsp3) is 0.625. The molecule has 1 aromatic rings. The molecule has 0 aromatic heterocycles. The highest BCUT2D eigenvalue weighted by molar-refractivity contribution is 9.10. The van der Waals surface area contributed by atoms with E-state index in [1.165, 1.54) is 18.4 Å². The summed E-state index contributed by atoms with van der Waals surface area (Å²) in [5.41, 5.74) is 8.07. The zero-order valence-electron chi connectivity index (χ0n) is 12.2. The quantitative estimate of drug-likeness (QED) is 0.911. The van der Waals surface area contributed by atoms with Crippen molar-refractivity contribution in [2.75, 3.05) is 13.1 Å². The Kier molecular flexibility index (Phi) is 4.70. The lowest BCUT2D eigenvalue weighted by molar-refractivity contribution is 0.0842. The molecule has 19 heavy (non-hydrogen) atoms. The molecule has 2 rings (SSSR count). The molecule has 0 spiro atoms. The number of hydrogen-bond donors (Lipinski definition) is 1. The predicted octanol–water partition coefficient (Wildman–Crippen LogP) is 3.96. The minimum Gasteiger partial charge on any atom is -0.326 e. The Morgan fingerprint density at radius 3 is 2.16 bits per heavy atom. The summed E-state index contributed by atoms with van der Waals surface area (Å²) in [6, 6.07) is 9.10. The summed E-state index contributed by atoms with van der Waals surface area (Å²) in [6.07, 6.45) is 2.51. The molecule has 1 aliphatic rings. The van der Waals surface area contributed by atoms with Crippen molar-refractivity contribution in [1.82, 2.24) is 4.90 Å². The third-order valence-electron chi connectivity index (χ3n) is 4.25. The number of likely N-dealkylation sites (tertiary alicyclic amines) is 1. The van der Waals surface area contributed by atoms with Crippen LogP contribution in [-0.2, 0) is 0 Å². The van der Waals surface area contributed by atoms with Gasteiger partial charge in [0, 0.05) is 16.6 Å². The van der Waals surface area contributed by atoms with E-state index in [-0.39, 0.29) is 6.04 Å². The van der Waals surface area contributed by atoms with Crippen LogP contribution in [0.2, 0.25) is 0 Å².